The van der Waals surface area contributed by atoms with Crippen LogP contribution in [0.15, 0.2) is 36.5 Å². The molecule has 1 aliphatic heterocycles. The Hall–Kier alpha value is -3.06. The normalized spacial score (nSPS) is 17.6. The van der Waals surface area contributed by atoms with Gasteiger partial charge in [-0.25, -0.2) is 4.79 Å². The van der Waals surface area contributed by atoms with Crippen LogP contribution < -0.4 is 0 Å². The number of carbonyl (C=O) groups excluding carboxylic acids is 3. The fourth-order valence-electron chi connectivity index (χ4n) is 11.2. The smallest absolute Gasteiger partial charge is 0.335 e. The molecule has 0 bridgehead atoms. The molecule has 3 N–H and O–H groups in total. The Bertz CT molecular complexity index is 1610. The first-order valence-electron chi connectivity index (χ1n) is 36.0. The summed E-state index contributed by atoms with van der Waals surface area (Å²) in [4.78, 5) is 51.5. The van der Waals surface area contributed by atoms with Gasteiger partial charge in [0.05, 0.1) is 6.61 Å². The van der Waals surface area contributed by atoms with E-state index in [0.29, 0.717) is 19.3 Å². The lowest BCUT2D eigenvalue weighted by atomic mass is 9.98. The molecule has 1 fully saturated rings. The molecule has 0 aromatic rings. The molecule has 0 aliphatic carbocycles. The molecule has 1 rings (SSSR count). The number of hydrogen-bond acceptors (Lipinski definition) is 11. The molecule has 0 amide bonds. The summed E-state index contributed by atoms with van der Waals surface area (Å²) < 4.78 is 28.7. The molecule has 6 unspecified atom stereocenters. The number of carbonyl (C=O) groups is 4. The number of rotatable bonds is 63. The van der Waals surface area contributed by atoms with Crippen molar-refractivity contribution in [2.75, 3.05) is 13.2 Å². The van der Waals surface area contributed by atoms with E-state index in [1.807, 2.05) is 0 Å². The number of allylic oxidation sites excluding steroid dienone is 6. The number of aliphatic hydroxyl groups excluding tert-OH is 2. The van der Waals surface area contributed by atoms with Gasteiger partial charge >= 0.3 is 23.9 Å². The van der Waals surface area contributed by atoms with E-state index in [9.17, 15) is 34.5 Å². The Labute approximate surface area is 521 Å². The molecule has 12 nitrogen and oxygen atoms in total. The number of ether oxygens (including phenoxy) is 5. The van der Waals surface area contributed by atoms with Gasteiger partial charge in [-0.2, -0.15) is 0 Å². The summed E-state index contributed by atoms with van der Waals surface area (Å²) >= 11 is 0. The fourth-order valence-corrected chi connectivity index (χ4v) is 11.2. The number of carboxylic acids is 1. The van der Waals surface area contributed by atoms with Crippen LogP contribution in [0.25, 0.3) is 0 Å². The summed E-state index contributed by atoms with van der Waals surface area (Å²) in [5.41, 5.74) is 0. The highest BCUT2D eigenvalue weighted by atomic mass is 16.7. The van der Waals surface area contributed by atoms with Crippen molar-refractivity contribution in [3.05, 3.63) is 36.5 Å². The number of aliphatic hydroxyl groups is 2. The molecule has 0 spiro atoms. The third-order valence-electron chi connectivity index (χ3n) is 16.7. The van der Waals surface area contributed by atoms with Gasteiger partial charge in [-0.1, -0.05) is 314 Å². The first-order chi connectivity index (χ1) is 41.6. The predicted octanol–water partition coefficient (Wildman–Crippen LogP) is 19.9. The largest absolute Gasteiger partial charge is 0.479 e. The van der Waals surface area contributed by atoms with Gasteiger partial charge in [0.15, 0.2) is 24.6 Å². The van der Waals surface area contributed by atoms with Crippen LogP contribution in [0.2, 0.25) is 0 Å². The first-order valence-corrected chi connectivity index (χ1v) is 36.0. The quantitative estimate of drug-likeness (QED) is 0.0228. The van der Waals surface area contributed by atoms with E-state index in [1.54, 1.807) is 0 Å². The van der Waals surface area contributed by atoms with Crippen molar-refractivity contribution in [2.24, 2.45) is 0 Å². The van der Waals surface area contributed by atoms with Gasteiger partial charge in [0.2, 0.25) is 0 Å². The van der Waals surface area contributed by atoms with Gasteiger partial charge in [0.25, 0.3) is 0 Å². The van der Waals surface area contributed by atoms with E-state index >= 15 is 0 Å². The van der Waals surface area contributed by atoms with E-state index in [4.69, 9.17) is 23.7 Å². The topological polar surface area (TPSA) is 175 Å². The van der Waals surface area contributed by atoms with Gasteiger partial charge in [0.1, 0.15) is 18.8 Å². The zero-order chi connectivity index (χ0) is 61.7. The van der Waals surface area contributed by atoms with Crippen molar-refractivity contribution in [1.82, 2.24) is 0 Å². The minimum absolute atomic E-state index is 0.0500. The lowest BCUT2D eigenvalue weighted by Crippen LogP contribution is -2.61. The molecule has 0 aromatic carbocycles. The zero-order valence-corrected chi connectivity index (χ0v) is 55.1. The molecule has 12 heteroatoms. The van der Waals surface area contributed by atoms with Crippen LogP contribution in [0.3, 0.4) is 0 Å². The van der Waals surface area contributed by atoms with Crippen molar-refractivity contribution in [2.45, 2.75) is 391 Å². The second-order valence-electron chi connectivity index (χ2n) is 24.9. The van der Waals surface area contributed by atoms with E-state index in [-0.39, 0.29) is 25.9 Å². The standard InChI is InChI=1S/C73H132O12/c1-4-7-10-13-16-19-22-25-28-31-33-36-38-41-44-47-50-53-56-59-65(74)81-62-64(83-66(75)60-57-54-51-48-45-42-39-35-30-27-24-21-18-15-12-9-6-3)63-82-73-71(69(78)68(77)70(85-73)72(79)80)84-67(76)61-58-55-52-49-46-43-40-37-34-32-29-26-23-20-17-14-11-8-5-2/h17,20,26,29,34,37,64,68-71,73,77-78H,4-16,18-19,21-25,27-28,30-33,35-36,38-63H2,1-3H3,(H,79,80)/b20-17-,29-26-,37-34-. The molecular weight excluding hydrogens is 1070 g/mol. The van der Waals surface area contributed by atoms with Crippen LogP contribution in [-0.2, 0) is 42.9 Å². The summed E-state index contributed by atoms with van der Waals surface area (Å²) in [7, 11) is 0. The van der Waals surface area contributed by atoms with Crippen LogP contribution in [0, 0.1) is 0 Å². The monoisotopic (exact) mass is 1200 g/mol. The number of hydrogen-bond donors (Lipinski definition) is 3. The average Bonchev–Trinajstić information content (AvgIpc) is 2.79. The van der Waals surface area contributed by atoms with Crippen molar-refractivity contribution >= 4 is 23.9 Å². The Morgan fingerprint density at radius 1 is 0.388 bits per heavy atom. The van der Waals surface area contributed by atoms with Crippen molar-refractivity contribution < 1.29 is 58.2 Å². The summed E-state index contributed by atoms with van der Waals surface area (Å²) in [6.45, 7) is 6.05. The molecule has 496 valence electrons. The van der Waals surface area contributed by atoms with Gasteiger partial charge in [0, 0.05) is 19.3 Å². The third-order valence-corrected chi connectivity index (χ3v) is 16.7. The van der Waals surface area contributed by atoms with Gasteiger partial charge in [-0.3, -0.25) is 14.4 Å². The van der Waals surface area contributed by atoms with Crippen molar-refractivity contribution in [1.29, 1.82) is 0 Å². The van der Waals surface area contributed by atoms with Crippen LogP contribution in [0.4, 0.5) is 0 Å². The Morgan fingerprint density at radius 2 is 0.706 bits per heavy atom. The maximum absolute atomic E-state index is 13.2. The lowest BCUT2D eigenvalue weighted by Gasteiger charge is -2.40. The summed E-state index contributed by atoms with van der Waals surface area (Å²) in [6, 6.07) is 0. The molecular formula is C73H132O12. The molecule has 6 atom stereocenters. The highest BCUT2D eigenvalue weighted by Gasteiger charge is 2.50. The third kappa shape index (κ3) is 50.5. The number of carboxylic acid groups (broad SMARTS) is 1. The van der Waals surface area contributed by atoms with Crippen LogP contribution in [0.1, 0.15) is 355 Å². The van der Waals surface area contributed by atoms with Crippen molar-refractivity contribution in [3.8, 4) is 0 Å². The molecule has 0 saturated carbocycles. The Balaban J connectivity index is 2.61. The number of esters is 3. The number of unbranched alkanes of at least 4 members (excludes halogenated alkanes) is 43. The van der Waals surface area contributed by atoms with Crippen LogP contribution in [-0.4, -0.2) is 89.2 Å². The minimum atomic E-state index is -1.91. The highest BCUT2D eigenvalue weighted by Crippen LogP contribution is 2.27. The van der Waals surface area contributed by atoms with Crippen LogP contribution in [0.5, 0.6) is 0 Å². The molecule has 1 heterocycles. The van der Waals surface area contributed by atoms with Crippen molar-refractivity contribution in [3.63, 3.8) is 0 Å². The Kier molecular flexibility index (Phi) is 57.6. The van der Waals surface area contributed by atoms with E-state index in [2.05, 4.69) is 57.2 Å². The summed E-state index contributed by atoms with van der Waals surface area (Å²) in [6.07, 6.45) is 62.4. The van der Waals surface area contributed by atoms with Crippen LogP contribution >= 0.6 is 0 Å². The zero-order valence-electron chi connectivity index (χ0n) is 55.1. The Morgan fingerprint density at radius 3 is 1.09 bits per heavy atom. The molecule has 0 radical (unpaired) electrons. The molecule has 1 saturated heterocycles. The number of aliphatic carboxylic acids is 1. The average molecular weight is 1200 g/mol. The van der Waals surface area contributed by atoms with E-state index in [0.717, 1.165) is 89.9 Å². The second kappa shape index (κ2) is 61.2. The fraction of sp³-hybridized carbons (Fsp3) is 0.863. The lowest BCUT2D eigenvalue weighted by molar-refractivity contribution is -0.301. The maximum Gasteiger partial charge on any atom is 0.335 e. The maximum atomic E-state index is 13.2. The molecule has 1 aliphatic rings. The van der Waals surface area contributed by atoms with Gasteiger partial charge in [-0.15, -0.1) is 0 Å². The molecule has 0 aromatic heterocycles. The van der Waals surface area contributed by atoms with Gasteiger partial charge in [-0.05, 0) is 57.8 Å². The van der Waals surface area contributed by atoms with Gasteiger partial charge < -0.3 is 39.0 Å². The summed E-state index contributed by atoms with van der Waals surface area (Å²) in [5, 5.41) is 31.7. The van der Waals surface area contributed by atoms with E-state index < -0.39 is 67.3 Å². The SMILES string of the molecule is CCCCC/C=C\C/C=C\C/C=C\CCCCCCCCC(=O)OC1C(OCC(COC(=O)CCCCCCCCCCCCCCCCCCCCC)OC(=O)CCCCCCCCCCCCCCCCCCC)OC(C(=O)O)C(O)C1O. The van der Waals surface area contributed by atoms with E-state index in [1.165, 1.54) is 205 Å². The minimum Gasteiger partial charge on any atom is -0.479 e. The summed E-state index contributed by atoms with van der Waals surface area (Å²) in [5.74, 6) is -3.09. The second-order valence-corrected chi connectivity index (χ2v) is 24.9. The predicted molar refractivity (Wildman–Crippen MR) is 350 cm³/mol. The first kappa shape index (κ1) is 80.0. The highest BCUT2D eigenvalue weighted by molar-refractivity contribution is 5.74. The molecule has 85 heavy (non-hydrogen) atoms.